The van der Waals surface area contributed by atoms with E-state index in [9.17, 15) is 9.59 Å². The number of imide groups is 1. The fourth-order valence-corrected chi connectivity index (χ4v) is 0.831. The first-order valence-electron chi connectivity index (χ1n) is 3.23. The van der Waals surface area contributed by atoms with E-state index >= 15 is 0 Å². The van der Waals surface area contributed by atoms with Gasteiger partial charge in [0.25, 0.3) is 0 Å². The number of urea groups is 2. The first-order chi connectivity index (χ1) is 4.93. The summed E-state index contributed by atoms with van der Waals surface area (Å²) < 4.78 is 0. The Morgan fingerprint density at radius 3 is 1.64 bits per heavy atom. The molecule has 0 saturated heterocycles. The van der Waals surface area contributed by atoms with Crippen molar-refractivity contribution in [3.8, 4) is 0 Å². The predicted octanol–water partition coefficient (Wildman–Crippen LogP) is 1.79. The average molecular weight is 155 g/mol. The van der Waals surface area contributed by atoms with Crippen LogP contribution < -0.4 is 0 Å². The highest BCUT2D eigenvalue weighted by Gasteiger charge is 2.36. The van der Waals surface area contributed by atoms with Crippen LogP contribution in [-0.4, -0.2) is 22.5 Å². The summed E-state index contributed by atoms with van der Waals surface area (Å²) in [7, 11) is 0. The van der Waals surface area contributed by atoms with Crippen LogP contribution in [0, 0.1) is 0 Å². The summed E-state index contributed by atoms with van der Waals surface area (Å²) in [6.07, 6.45) is 0. The Hall–Kier alpha value is -1.26. The van der Waals surface area contributed by atoms with Crippen molar-refractivity contribution in [2.45, 2.75) is 26.3 Å². The van der Waals surface area contributed by atoms with E-state index in [0.29, 0.717) is 0 Å². The molecule has 0 N–H and O–H groups in total. The smallest absolute Gasteiger partial charge is 0.244 e. The quantitative estimate of drug-likeness (QED) is 0.535. The van der Waals surface area contributed by atoms with Gasteiger partial charge in [-0.1, -0.05) is 10.2 Å². The third kappa shape index (κ3) is 1.26. The van der Waals surface area contributed by atoms with E-state index in [2.05, 4.69) is 10.2 Å². The minimum atomic E-state index is -0.581. The lowest BCUT2D eigenvalue weighted by molar-refractivity contribution is 0.169. The molecule has 1 rings (SSSR count). The van der Waals surface area contributed by atoms with Crippen LogP contribution in [0.5, 0.6) is 0 Å². The number of carbonyl (C=O) groups excluding carboxylic acids is 2. The zero-order valence-corrected chi connectivity index (χ0v) is 6.66. The lowest BCUT2D eigenvalue weighted by Crippen LogP contribution is -2.44. The van der Waals surface area contributed by atoms with Gasteiger partial charge in [-0.25, -0.2) is 14.5 Å². The average Bonchev–Trinajstić information content (AvgIpc) is 2.08. The van der Waals surface area contributed by atoms with Crippen LogP contribution in [-0.2, 0) is 0 Å². The van der Waals surface area contributed by atoms with Gasteiger partial charge in [-0.15, -0.1) is 0 Å². The van der Waals surface area contributed by atoms with Gasteiger partial charge in [-0.05, 0) is 20.8 Å². The summed E-state index contributed by atoms with van der Waals surface area (Å²) in [5.41, 5.74) is -0.530. The van der Waals surface area contributed by atoms with Gasteiger partial charge in [-0.2, -0.15) is 0 Å². The van der Waals surface area contributed by atoms with Crippen molar-refractivity contribution >= 4 is 12.1 Å². The van der Waals surface area contributed by atoms with E-state index in [1.807, 2.05) is 0 Å². The number of hydrogen-bond acceptors (Lipinski definition) is 2. The van der Waals surface area contributed by atoms with E-state index < -0.39 is 17.6 Å². The van der Waals surface area contributed by atoms with Gasteiger partial charge < -0.3 is 0 Å². The molecule has 0 fully saturated rings. The minimum Gasteiger partial charge on any atom is -0.244 e. The number of azo groups is 1. The number of rotatable bonds is 0. The highest BCUT2D eigenvalue weighted by Crippen LogP contribution is 2.19. The summed E-state index contributed by atoms with van der Waals surface area (Å²) in [5, 5.41) is 6.26. The molecule has 11 heavy (non-hydrogen) atoms. The first-order valence-corrected chi connectivity index (χ1v) is 3.23. The lowest BCUT2D eigenvalue weighted by atomic mass is 10.1. The van der Waals surface area contributed by atoms with Crippen molar-refractivity contribution in [3.05, 3.63) is 0 Å². The molecule has 0 spiro atoms. The predicted molar refractivity (Wildman–Crippen MR) is 37.2 cm³/mol. The topological polar surface area (TPSA) is 62.1 Å². The second-order valence-electron chi connectivity index (χ2n) is 3.27. The Balaban J connectivity index is 2.91. The molecule has 0 atom stereocenters. The van der Waals surface area contributed by atoms with Crippen LogP contribution in [0.3, 0.4) is 0 Å². The van der Waals surface area contributed by atoms with Crippen LogP contribution in [0.1, 0.15) is 20.8 Å². The maximum absolute atomic E-state index is 10.9. The summed E-state index contributed by atoms with van der Waals surface area (Å²) in [6, 6.07) is -1.16. The molecule has 1 heterocycles. The zero-order chi connectivity index (χ0) is 8.65. The van der Waals surface area contributed by atoms with Crippen LogP contribution in [0.2, 0.25) is 0 Å². The van der Waals surface area contributed by atoms with Crippen molar-refractivity contribution in [2.24, 2.45) is 10.2 Å². The SMILES string of the molecule is CC(C)(C)N1C(=O)N=NC1=O. The second kappa shape index (κ2) is 2.11. The zero-order valence-electron chi connectivity index (χ0n) is 6.66. The Morgan fingerprint density at radius 2 is 1.45 bits per heavy atom. The first kappa shape index (κ1) is 7.84. The summed E-state index contributed by atoms with van der Waals surface area (Å²) in [5.74, 6) is 0. The molecular weight excluding hydrogens is 146 g/mol. The Bertz CT molecular complexity index is 221. The molecule has 5 heteroatoms. The van der Waals surface area contributed by atoms with Crippen molar-refractivity contribution in [1.29, 1.82) is 0 Å². The summed E-state index contributed by atoms with van der Waals surface area (Å²) >= 11 is 0. The van der Waals surface area contributed by atoms with E-state index in [0.717, 1.165) is 4.90 Å². The molecule has 0 aromatic rings. The summed E-state index contributed by atoms with van der Waals surface area (Å²) in [4.78, 5) is 22.8. The van der Waals surface area contributed by atoms with E-state index in [1.165, 1.54) is 0 Å². The van der Waals surface area contributed by atoms with Gasteiger partial charge in [0.1, 0.15) is 0 Å². The monoisotopic (exact) mass is 155 g/mol. The lowest BCUT2D eigenvalue weighted by Gasteiger charge is -2.26. The molecule has 5 nitrogen and oxygen atoms in total. The van der Waals surface area contributed by atoms with Crippen molar-refractivity contribution < 1.29 is 9.59 Å². The second-order valence-corrected chi connectivity index (χ2v) is 3.27. The Morgan fingerprint density at radius 1 is 1.09 bits per heavy atom. The van der Waals surface area contributed by atoms with Gasteiger partial charge in [0.2, 0.25) is 0 Å². The van der Waals surface area contributed by atoms with Gasteiger partial charge in [0, 0.05) is 5.54 Å². The highest BCUT2D eigenvalue weighted by molar-refractivity contribution is 5.99. The number of amides is 4. The highest BCUT2D eigenvalue weighted by atomic mass is 16.2. The van der Waals surface area contributed by atoms with Crippen LogP contribution in [0.4, 0.5) is 9.59 Å². The fourth-order valence-electron chi connectivity index (χ4n) is 0.831. The molecule has 0 radical (unpaired) electrons. The van der Waals surface area contributed by atoms with Crippen molar-refractivity contribution in [1.82, 2.24) is 4.90 Å². The van der Waals surface area contributed by atoms with Crippen LogP contribution in [0.15, 0.2) is 10.2 Å². The van der Waals surface area contributed by atoms with Crippen molar-refractivity contribution in [3.63, 3.8) is 0 Å². The van der Waals surface area contributed by atoms with Crippen molar-refractivity contribution in [2.75, 3.05) is 0 Å². The normalized spacial score (nSPS) is 18.3. The third-order valence-electron chi connectivity index (χ3n) is 1.27. The molecule has 0 unspecified atom stereocenters. The van der Waals surface area contributed by atoms with Gasteiger partial charge in [0.15, 0.2) is 0 Å². The number of hydrogen-bond donors (Lipinski definition) is 0. The minimum absolute atomic E-state index is 0.530. The number of carbonyl (C=O) groups is 2. The van der Waals surface area contributed by atoms with Crippen LogP contribution in [0.25, 0.3) is 0 Å². The molecule has 1 aliphatic rings. The maximum atomic E-state index is 10.9. The van der Waals surface area contributed by atoms with Gasteiger partial charge in [0.05, 0.1) is 0 Å². The fraction of sp³-hybridized carbons (Fsp3) is 0.667. The maximum Gasteiger partial charge on any atom is 0.371 e. The molecule has 0 saturated carbocycles. The number of nitrogens with zero attached hydrogens (tertiary/aromatic N) is 3. The Kier molecular flexibility index (Phi) is 1.51. The molecule has 0 aromatic carbocycles. The molecular formula is C6H9N3O2. The van der Waals surface area contributed by atoms with Gasteiger partial charge in [-0.3, -0.25) is 0 Å². The molecule has 0 bridgehead atoms. The van der Waals surface area contributed by atoms with Crippen LogP contribution >= 0.6 is 0 Å². The standard InChI is InChI=1S/C6H9N3O2/c1-6(2,3)9-4(10)7-8-5(9)11/h1-3H3. The van der Waals surface area contributed by atoms with Gasteiger partial charge >= 0.3 is 12.1 Å². The van der Waals surface area contributed by atoms with E-state index in [1.54, 1.807) is 20.8 Å². The molecule has 0 aliphatic carbocycles. The van der Waals surface area contributed by atoms with E-state index in [-0.39, 0.29) is 0 Å². The largest absolute Gasteiger partial charge is 0.371 e. The van der Waals surface area contributed by atoms with E-state index in [4.69, 9.17) is 0 Å². The third-order valence-corrected chi connectivity index (χ3v) is 1.27. The molecule has 60 valence electrons. The summed E-state index contributed by atoms with van der Waals surface area (Å²) in [6.45, 7) is 5.25. The molecule has 4 amide bonds. The Labute approximate surface area is 64.1 Å². The molecule has 0 aromatic heterocycles. The molecule has 1 aliphatic heterocycles.